The molecule has 2 rings (SSSR count). The van der Waals surface area contributed by atoms with Gasteiger partial charge in [-0.05, 0) is 37.5 Å². The first-order valence-corrected chi connectivity index (χ1v) is 8.13. The van der Waals surface area contributed by atoms with Gasteiger partial charge in [0.05, 0.1) is 18.6 Å². The molecule has 0 spiro atoms. The molecule has 0 aliphatic heterocycles. The largest absolute Gasteiger partial charge is 0.496 e. The zero-order valence-corrected chi connectivity index (χ0v) is 14.5. The van der Waals surface area contributed by atoms with E-state index in [0.717, 1.165) is 6.42 Å². The number of ether oxygens (including phenoxy) is 2. The van der Waals surface area contributed by atoms with Gasteiger partial charge in [-0.1, -0.05) is 23.8 Å². The van der Waals surface area contributed by atoms with Crippen LogP contribution in [0.5, 0.6) is 5.75 Å². The highest BCUT2D eigenvalue weighted by atomic mass is 35.5. The molecule has 1 aromatic rings. The number of hydrogen-bond acceptors (Lipinski definition) is 5. The van der Waals surface area contributed by atoms with Gasteiger partial charge in [0.1, 0.15) is 5.75 Å². The maximum Gasteiger partial charge on any atom is 0.309 e. The van der Waals surface area contributed by atoms with E-state index >= 15 is 0 Å². The van der Waals surface area contributed by atoms with Gasteiger partial charge in [0.15, 0.2) is 6.61 Å². The summed E-state index contributed by atoms with van der Waals surface area (Å²) < 4.78 is 10.0. The number of hydrazine groups is 1. The van der Waals surface area contributed by atoms with Crippen molar-refractivity contribution in [2.75, 3.05) is 13.7 Å². The number of rotatable bonds is 5. The fourth-order valence-corrected chi connectivity index (χ4v) is 2.52. The lowest BCUT2D eigenvalue weighted by Crippen LogP contribution is -2.44. The Labute approximate surface area is 150 Å². The first kappa shape index (κ1) is 18.8. The minimum Gasteiger partial charge on any atom is -0.496 e. The van der Waals surface area contributed by atoms with E-state index in [4.69, 9.17) is 21.1 Å². The van der Waals surface area contributed by atoms with Crippen LogP contribution >= 0.6 is 11.6 Å². The van der Waals surface area contributed by atoms with E-state index in [1.165, 1.54) is 13.2 Å². The number of halogens is 1. The Balaban J connectivity index is 1.79. The van der Waals surface area contributed by atoms with Crippen molar-refractivity contribution in [3.63, 3.8) is 0 Å². The van der Waals surface area contributed by atoms with Crippen LogP contribution in [-0.2, 0) is 14.3 Å². The smallest absolute Gasteiger partial charge is 0.309 e. The molecule has 0 aromatic heterocycles. The van der Waals surface area contributed by atoms with Crippen LogP contribution in [0, 0.1) is 5.92 Å². The highest BCUT2D eigenvalue weighted by Gasteiger charge is 2.21. The van der Waals surface area contributed by atoms with Gasteiger partial charge in [0.2, 0.25) is 0 Å². The molecule has 2 N–H and O–H groups in total. The molecule has 1 aliphatic rings. The number of methoxy groups -OCH3 is 1. The monoisotopic (exact) mass is 366 g/mol. The lowest BCUT2D eigenvalue weighted by Gasteiger charge is -2.16. The van der Waals surface area contributed by atoms with Crippen molar-refractivity contribution in [1.82, 2.24) is 10.9 Å². The minimum atomic E-state index is -0.644. The molecule has 0 saturated heterocycles. The molecule has 8 heteroatoms. The van der Waals surface area contributed by atoms with E-state index in [2.05, 4.69) is 10.9 Å². The molecule has 1 atom stereocenters. The molecule has 0 bridgehead atoms. The molecule has 2 amide bonds. The number of hydrogen-bond donors (Lipinski definition) is 2. The van der Waals surface area contributed by atoms with Gasteiger partial charge < -0.3 is 9.47 Å². The molecule has 134 valence electrons. The number of carbonyl (C=O) groups excluding carboxylic acids is 3. The second-order valence-corrected chi connectivity index (χ2v) is 5.87. The Hall–Kier alpha value is -2.54. The van der Waals surface area contributed by atoms with E-state index in [9.17, 15) is 14.4 Å². The summed E-state index contributed by atoms with van der Waals surface area (Å²) in [7, 11) is 1.42. The third-order valence-electron chi connectivity index (χ3n) is 3.67. The van der Waals surface area contributed by atoms with Gasteiger partial charge in [-0.25, -0.2) is 0 Å². The summed E-state index contributed by atoms with van der Waals surface area (Å²) in [5, 5.41) is 0.354. The highest BCUT2D eigenvalue weighted by Crippen LogP contribution is 2.22. The molecule has 0 unspecified atom stereocenters. The topological polar surface area (TPSA) is 93.7 Å². The van der Waals surface area contributed by atoms with Gasteiger partial charge in [-0.2, -0.15) is 0 Å². The van der Waals surface area contributed by atoms with Crippen LogP contribution in [0.4, 0.5) is 0 Å². The molecule has 25 heavy (non-hydrogen) atoms. The molecular weight excluding hydrogens is 348 g/mol. The van der Waals surface area contributed by atoms with Crippen molar-refractivity contribution in [3.8, 4) is 5.75 Å². The summed E-state index contributed by atoms with van der Waals surface area (Å²) in [6.07, 6.45) is 6.09. The lowest BCUT2D eigenvalue weighted by molar-refractivity contribution is -0.153. The summed E-state index contributed by atoms with van der Waals surface area (Å²) in [5.74, 6) is -1.57. The van der Waals surface area contributed by atoms with Gasteiger partial charge >= 0.3 is 5.97 Å². The van der Waals surface area contributed by atoms with Crippen LogP contribution in [0.2, 0.25) is 5.02 Å². The molecule has 0 heterocycles. The van der Waals surface area contributed by atoms with Crippen molar-refractivity contribution < 1.29 is 23.9 Å². The zero-order valence-electron chi connectivity index (χ0n) is 13.7. The minimum absolute atomic E-state index is 0.168. The van der Waals surface area contributed by atoms with Crippen LogP contribution in [0.25, 0.3) is 0 Å². The van der Waals surface area contributed by atoms with Gasteiger partial charge in [0.25, 0.3) is 11.8 Å². The number of carbonyl (C=O) groups is 3. The molecule has 1 aliphatic carbocycles. The van der Waals surface area contributed by atoms with Gasteiger partial charge in [-0.15, -0.1) is 0 Å². The maximum absolute atomic E-state index is 12.1. The first-order valence-electron chi connectivity index (χ1n) is 7.75. The molecule has 1 aromatic carbocycles. The second-order valence-electron chi connectivity index (χ2n) is 5.44. The van der Waals surface area contributed by atoms with E-state index in [1.54, 1.807) is 12.1 Å². The van der Waals surface area contributed by atoms with Crippen LogP contribution in [0.15, 0.2) is 30.4 Å². The summed E-state index contributed by atoms with van der Waals surface area (Å²) in [5.41, 5.74) is 4.57. The maximum atomic E-state index is 12.1. The lowest BCUT2D eigenvalue weighted by atomic mass is 9.95. The standard InChI is InChI=1S/C17H19ClN2O5/c1-24-14-8-7-12(18)9-13(14)16(22)20-19-15(21)10-25-17(23)11-5-3-2-4-6-11/h2-3,7-9,11H,4-6,10H2,1H3,(H,19,21)(H,20,22)/t11-/m0/s1. The van der Waals surface area contributed by atoms with Gasteiger partial charge in [-0.3, -0.25) is 25.2 Å². The second kappa shape index (κ2) is 9.08. The average Bonchev–Trinajstić information content (AvgIpc) is 2.64. The molecule has 0 radical (unpaired) electrons. The van der Waals surface area contributed by atoms with Crippen LogP contribution in [0.3, 0.4) is 0 Å². The highest BCUT2D eigenvalue weighted by molar-refractivity contribution is 6.31. The number of esters is 1. The number of nitrogens with one attached hydrogen (secondary N) is 2. The number of benzene rings is 1. The number of amides is 2. The van der Waals surface area contributed by atoms with Gasteiger partial charge in [0, 0.05) is 5.02 Å². The third kappa shape index (κ3) is 5.49. The fraction of sp³-hybridized carbons (Fsp3) is 0.353. The summed E-state index contributed by atoms with van der Waals surface area (Å²) >= 11 is 5.85. The van der Waals surface area contributed by atoms with Crippen molar-refractivity contribution >= 4 is 29.4 Å². The molecule has 0 fully saturated rings. The normalized spacial score (nSPS) is 16.0. The summed E-state index contributed by atoms with van der Waals surface area (Å²) in [4.78, 5) is 35.6. The van der Waals surface area contributed by atoms with E-state index < -0.39 is 24.4 Å². The molecular formula is C17H19ClN2O5. The first-order chi connectivity index (χ1) is 12.0. The molecule has 0 saturated carbocycles. The Kier molecular flexibility index (Phi) is 6.82. The van der Waals surface area contributed by atoms with E-state index in [1.807, 2.05) is 12.2 Å². The van der Waals surface area contributed by atoms with E-state index in [-0.39, 0.29) is 11.5 Å². The van der Waals surface area contributed by atoms with Crippen molar-refractivity contribution in [2.45, 2.75) is 19.3 Å². The Morgan fingerprint density at radius 3 is 2.72 bits per heavy atom. The Morgan fingerprint density at radius 1 is 1.24 bits per heavy atom. The van der Waals surface area contributed by atoms with Crippen LogP contribution < -0.4 is 15.6 Å². The predicted molar refractivity (Wildman–Crippen MR) is 91.1 cm³/mol. The predicted octanol–water partition coefficient (Wildman–Crippen LogP) is 2.01. The summed E-state index contributed by atoms with van der Waals surface area (Å²) in [6.45, 7) is -0.466. The molecule has 7 nitrogen and oxygen atoms in total. The quantitative estimate of drug-likeness (QED) is 0.472. The van der Waals surface area contributed by atoms with Crippen LogP contribution in [-0.4, -0.2) is 31.5 Å². The fourth-order valence-electron chi connectivity index (χ4n) is 2.35. The van der Waals surface area contributed by atoms with E-state index in [0.29, 0.717) is 23.6 Å². The average molecular weight is 367 g/mol. The van der Waals surface area contributed by atoms with Crippen molar-refractivity contribution in [1.29, 1.82) is 0 Å². The Bertz CT molecular complexity index is 690. The SMILES string of the molecule is COc1ccc(Cl)cc1C(=O)NNC(=O)COC(=O)[C@H]1CC=CCC1. The van der Waals surface area contributed by atoms with Crippen LogP contribution in [0.1, 0.15) is 29.6 Å². The third-order valence-corrected chi connectivity index (χ3v) is 3.90. The van der Waals surface area contributed by atoms with Crippen molar-refractivity contribution in [3.05, 3.63) is 40.9 Å². The zero-order chi connectivity index (χ0) is 18.2. The summed E-state index contributed by atoms with van der Waals surface area (Å²) in [6, 6.07) is 4.54. The van der Waals surface area contributed by atoms with Crippen molar-refractivity contribution in [2.24, 2.45) is 5.92 Å². The number of allylic oxidation sites excluding steroid dienone is 2. The Morgan fingerprint density at radius 2 is 2.04 bits per heavy atom.